The molecule has 2 rings (SSSR count). The molecule has 1 aromatic rings. The van der Waals surface area contributed by atoms with Crippen LogP contribution in [0.15, 0.2) is 24.5 Å². The van der Waals surface area contributed by atoms with Gasteiger partial charge in [0.05, 0.1) is 0 Å². The van der Waals surface area contributed by atoms with Gasteiger partial charge in [-0.05, 0) is 58.5 Å². The van der Waals surface area contributed by atoms with Crippen LogP contribution in [0.5, 0.6) is 0 Å². The number of hydrogen-bond acceptors (Lipinski definition) is 4. The minimum absolute atomic E-state index is 0. The van der Waals surface area contributed by atoms with Gasteiger partial charge in [-0.2, -0.15) is 0 Å². The van der Waals surface area contributed by atoms with Crippen molar-refractivity contribution < 1.29 is 0 Å². The van der Waals surface area contributed by atoms with Crippen LogP contribution in [0.1, 0.15) is 31.9 Å². The zero-order valence-corrected chi connectivity index (χ0v) is 14.4. The van der Waals surface area contributed by atoms with Gasteiger partial charge in [-0.3, -0.25) is 9.88 Å². The van der Waals surface area contributed by atoms with Crippen molar-refractivity contribution in [1.82, 2.24) is 14.8 Å². The average Bonchev–Trinajstić information content (AvgIpc) is 2.69. The predicted octanol–water partition coefficient (Wildman–Crippen LogP) is 2.17. The maximum atomic E-state index is 6.12. The van der Waals surface area contributed by atoms with Gasteiger partial charge in [0, 0.05) is 37.1 Å². The lowest BCUT2D eigenvalue weighted by Crippen LogP contribution is -2.45. The van der Waals surface area contributed by atoms with E-state index in [4.69, 9.17) is 5.73 Å². The molecule has 0 radical (unpaired) electrons. The fourth-order valence-electron chi connectivity index (χ4n) is 3.46. The van der Waals surface area contributed by atoms with Gasteiger partial charge in [-0.1, -0.05) is 6.07 Å². The predicted molar refractivity (Wildman–Crippen MR) is 90.7 cm³/mol. The third-order valence-electron chi connectivity index (χ3n) is 4.02. The highest BCUT2D eigenvalue weighted by molar-refractivity contribution is 5.85. The molecule has 2 N–H and O–H groups in total. The lowest BCUT2D eigenvalue weighted by atomic mass is 9.94. The maximum absolute atomic E-state index is 6.12. The summed E-state index contributed by atoms with van der Waals surface area (Å²) in [5, 5.41) is 0. The summed E-state index contributed by atoms with van der Waals surface area (Å²) in [4.78, 5) is 9.09. The van der Waals surface area contributed by atoms with E-state index in [1.165, 1.54) is 12.0 Å². The van der Waals surface area contributed by atoms with E-state index in [0.29, 0.717) is 12.0 Å². The Morgan fingerprint density at radius 3 is 2.76 bits per heavy atom. The Balaban J connectivity index is 0.00000220. The van der Waals surface area contributed by atoms with Gasteiger partial charge in [0.2, 0.25) is 0 Å². The van der Waals surface area contributed by atoms with Crippen LogP contribution < -0.4 is 5.73 Å². The molecular formula is C16H29ClN4. The van der Waals surface area contributed by atoms with Crippen LogP contribution in [-0.4, -0.2) is 54.1 Å². The second-order valence-electron chi connectivity index (χ2n) is 6.95. The molecule has 4 nitrogen and oxygen atoms in total. The summed E-state index contributed by atoms with van der Waals surface area (Å²) < 4.78 is 0. The Hall–Kier alpha value is -0.680. The molecule has 21 heavy (non-hydrogen) atoms. The van der Waals surface area contributed by atoms with Gasteiger partial charge in [0.15, 0.2) is 0 Å². The maximum Gasteiger partial charge on any atom is 0.0401 e. The molecule has 2 heterocycles. The van der Waals surface area contributed by atoms with E-state index >= 15 is 0 Å². The second-order valence-corrected chi connectivity index (χ2v) is 6.95. The molecule has 1 aliphatic rings. The minimum Gasteiger partial charge on any atom is -0.324 e. The molecule has 1 fully saturated rings. The fourth-order valence-corrected chi connectivity index (χ4v) is 3.46. The highest BCUT2D eigenvalue weighted by atomic mass is 35.5. The molecule has 1 saturated heterocycles. The number of pyridine rings is 1. The first-order valence-electron chi connectivity index (χ1n) is 7.44. The van der Waals surface area contributed by atoms with Crippen molar-refractivity contribution >= 4 is 12.4 Å². The number of likely N-dealkylation sites (N-methyl/N-ethyl adjacent to an activating group) is 1. The Morgan fingerprint density at radius 2 is 2.19 bits per heavy atom. The van der Waals surface area contributed by atoms with Gasteiger partial charge < -0.3 is 10.6 Å². The first kappa shape index (κ1) is 18.4. The van der Waals surface area contributed by atoms with E-state index in [0.717, 1.165) is 19.6 Å². The van der Waals surface area contributed by atoms with Crippen molar-refractivity contribution in [3.8, 4) is 0 Å². The van der Waals surface area contributed by atoms with Crippen molar-refractivity contribution in [3.63, 3.8) is 0 Å². The molecule has 0 spiro atoms. The number of hydrogen-bond donors (Lipinski definition) is 1. The summed E-state index contributed by atoms with van der Waals surface area (Å²) in [6.45, 7) is 7.34. The fraction of sp³-hybridized carbons (Fsp3) is 0.688. The first-order chi connectivity index (χ1) is 9.37. The van der Waals surface area contributed by atoms with E-state index in [9.17, 15) is 0 Å². The Bertz CT molecular complexity index is 418. The summed E-state index contributed by atoms with van der Waals surface area (Å²) in [7, 11) is 4.39. The molecular weight excluding hydrogens is 284 g/mol. The van der Waals surface area contributed by atoms with Crippen LogP contribution in [0.2, 0.25) is 0 Å². The van der Waals surface area contributed by atoms with Crippen LogP contribution in [-0.2, 0) is 0 Å². The number of halogens is 1. The van der Waals surface area contributed by atoms with Crippen LogP contribution in [0.4, 0.5) is 0 Å². The molecule has 0 unspecified atom stereocenters. The van der Waals surface area contributed by atoms with Gasteiger partial charge >= 0.3 is 0 Å². The summed E-state index contributed by atoms with van der Waals surface area (Å²) in [6, 6.07) is 4.71. The summed E-state index contributed by atoms with van der Waals surface area (Å²) in [5.41, 5.74) is 7.32. The van der Waals surface area contributed by atoms with Crippen molar-refractivity contribution in [2.75, 3.05) is 33.7 Å². The molecule has 120 valence electrons. The number of nitrogens with zero attached hydrogens (tertiary/aromatic N) is 3. The van der Waals surface area contributed by atoms with Gasteiger partial charge in [-0.15, -0.1) is 12.4 Å². The summed E-state index contributed by atoms with van der Waals surface area (Å²) in [5.74, 6) is 0.650. The highest BCUT2D eigenvalue weighted by Gasteiger charge is 2.34. The zero-order valence-electron chi connectivity index (χ0n) is 13.6. The number of nitrogens with two attached hydrogens (primary N) is 1. The SMILES string of the molecule is CN(C[C@@H]1CCN(C)[C@H]1c1cccnc1)CC(C)(C)N.Cl. The van der Waals surface area contributed by atoms with Crippen molar-refractivity contribution in [1.29, 1.82) is 0 Å². The van der Waals surface area contributed by atoms with E-state index < -0.39 is 0 Å². The van der Waals surface area contributed by atoms with E-state index in [1.807, 2.05) is 18.5 Å². The Morgan fingerprint density at radius 1 is 1.48 bits per heavy atom. The molecule has 0 aromatic carbocycles. The molecule has 0 saturated carbocycles. The molecule has 2 atom stereocenters. The van der Waals surface area contributed by atoms with Crippen LogP contribution in [0.25, 0.3) is 0 Å². The Labute approximate surface area is 135 Å². The van der Waals surface area contributed by atoms with Crippen molar-refractivity contribution in [2.45, 2.75) is 31.8 Å². The molecule has 0 bridgehead atoms. The Kier molecular flexibility index (Phi) is 6.60. The molecule has 5 heteroatoms. The lowest BCUT2D eigenvalue weighted by Gasteiger charge is -2.31. The quantitative estimate of drug-likeness (QED) is 0.905. The van der Waals surface area contributed by atoms with Gasteiger partial charge in [0.25, 0.3) is 0 Å². The third kappa shape index (κ3) is 5.22. The van der Waals surface area contributed by atoms with Gasteiger partial charge in [0.1, 0.15) is 0 Å². The monoisotopic (exact) mass is 312 g/mol. The molecule has 0 amide bonds. The third-order valence-corrected chi connectivity index (χ3v) is 4.02. The summed E-state index contributed by atoms with van der Waals surface area (Å²) in [6.07, 6.45) is 5.09. The summed E-state index contributed by atoms with van der Waals surface area (Å²) >= 11 is 0. The van der Waals surface area contributed by atoms with Crippen molar-refractivity contribution in [3.05, 3.63) is 30.1 Å². The molecule has 1 aliphatic heterocycles. The minimum atomic E-state index is -0.136. The number of rotatable bonds is 5. The zero-order chi connectivity index (χ0) is 14.8. The standard InChI is InChI=1S/C16H28N4.ClH/c1-16(2,17)12-19(3)11-14-7-9-20(4)15(14)13-6-5-8-18-10-13;/h5-6,8,10,14-15H,7,9,11-12,17H2,1-4H3;1H/t14-,15-;/m0./s1. The van der Waals surface area contributed by atoms with Gasteiger partial charge in [-0.25, -0.2) is 0 Å². The topological polar surface area (TPSA) is 45.4 Å². The van der Waals surface area contributed by atoms with Crippen LogP contribution >= 0.6 is 12.4 Å². The number of likely N-dealkylation sites (tertiary alicyclic amines) is 1. The van der Waals surface area contributed by atoms with Crippen LogP contribution in [0.3, 0.4) is 0 Å². The smallest absolute Gasteiger partial charge is 0.0401 e. The normalized spacial score (nSPS) is 23.3. The first-order valence-corrected chi connectivity index (χ1v) is 7.44. The van der Waals surface area contributed by atoms with E-state index in [2.05, 4.69) is 48.8 Å². The van der Waals surface area contributed by atoms with Crippen molar-refractivity contribution in [2.24, 2.45) is 11.7 Å². The van der Waals surface area contributed by atoms with Crippen LogP contribution in [0, 0.1) is 5.92 Å². The van der Waals surface area contributed by atoms with E-state index in [1.54, 1.807) is 0 Å². The lowest BCUT2D eigenvalue weighted by molar-refractivity contribution is 0.197. The average molecular weight is 313 g/mol. The largest absolute Gasteiger partial charge is 0.324 e. The molecule has 1 aromatic heterocycles. The second kappa shape index (κ2) is 7.54. The number of aromatic nitrogens is 1. The highest BCUT2D eigenvalue weighted by Crippen LogP contribution is 2.36. The van der Waals surface area contributed by atoms with E-state index in [-0.39, 0.29) is 17.9 Å². The molecule has 0 aliphatic carbocycles.